The van der Waals surface area contributed by atoms with Crippen LogP contribution in [0.1, 0.15) is 25.7 Å². The Labute approximate surface area is 225 Å². The van der Waals surface area contributed by atoms with Gasteiger partial charge in [-0.05, 0) is 46.0 Å². The van der Waals surface area contributed by atoms with Crippen LogP contribution in [0, 0.1) is 0 Å². The van der Waals surface area contributed by atoms with Gasteiger partial charge in [-0.15, -0.1) is 0 Å². The average molecular weight is 532 g/mol. The molecule has 4 aromatic heterocycles. The van der Waals surface area contributed by atoms with Gasteiger partial charge in [-0.25, -0.2) is 0 Å². The SMILES string of the molecule is [Cu+2].c1cnc2c(c1)ccc1ccc([N-][C@@H]3CCCC[C@H]3[N-]c3ccc4ccc5cccnc5c4n3)nc12. The Bertz CT molecular complexity index is 1610. The van der Waals surface area contributed by atoms with Gasteiger partial charge in [-0.1, -0.05) is 98.0 Å². The fourth-order valence-electron chi connectivity index (χ4n) is 5.30. The predicted molar refractivity (Wildman–Crippen MR) is 146 cm³/mol. The van der Waals surface area contributed by atoms with Crippen LogP contribution in [0.5, 0.6) is 0 Å². The first-order chi connectivity index (χ1) is 17.8. The average Bonchev–Trinajstić information content (AvgIpc) is 2.94. The molecule has 4 heterocycles. The van der Waals surface area contributed by atoms with E-state index in [1.165, 1.54) is 0 Å². The molecule has 0 aliphatic heterocycles. The van der Waals surface area contributed by atoms with Crippen LogP contribution in [0.15, 0.2) is 85.2 Å². The minimum Gasteiger partial charge on any atom is -0.462 e. The molecule has 1 saturated carbocycles. The van der Waals surface area contributed by atoms with E-state index in [1.807, 2.05) is 36.7 Å². The Morgan fingerprint density at radius 1 is 0.514 bits per heavy atom. The Balaban J connectivity index is 0.00000252. The molecule has 6 nitrogen and oxygen atoms in total. The van der Waals surface area contributed by atoms with E-state index >= 15 is 0 Å². The van der Waals surface area contributed by atoms with Crippen molar-refractivity contribution < 1.29 is 17.1 Å². The summed E-state index contributed by atoms with van der Waals surface area (Å²) in [7, 11) is 0. The number of nitrogens with zero attached hydrogens (tertiary/aromatic N) is 6. The minimum atomic E-state index is 0. The van der Waals surface area contributed by atoms with Crippen LogP contribution in [0.2, 0.25) is 0 Å². The standard InChI is InChI=1S/C30H24N6.Cu/c1-2-8-24(34-26-16-14-22-12-10-20-6-4-18-32-28(20)30(22)36-26)23(7-1)33-25-15-13-21-11-9-19-5-3-17-31-27(19)29(21)35-25;/h3-6,9-18,23-24H,1-2,7-8H2;/q-2;+2/t23-,24-;/m1./s1. The van der Waals surface area contributed by atoms with Gasteiger partial charge in [0.15, 0.2) is 0 Å². The van der Waals surface area contributed by atoms with Crippen molar-refractivity contribution in [3.63, 3.8) is 0 Å². The number of fused-ring (bicyclic) bond motifs is 6. The molecule has 6 aromatic rings. The maximum Gasteiger partial charge on any atom is 2.00 e. The van der Waals surface area contributed by atoms with Gasteiger partial charge in [0.25, 0.3) is 0 Å². The molecule has 2 atom stereocenters. The van der Waals surface area contributed by atoms with Gasteiger partial charge in [0, 0.05) is 23.2 Å². The molecule has 7 heteroatoms. The molecule has 0 amide bonds. The van der Waals surface area contributed by atoms with E-state index in [0.29, 0.717) is 0 Å². The quantitative estimate of drug-likeness (QED) is 0.171. The molecule has 37 heavy (non-hydrogen) atoms. The summed E-state index contributed by atoms with van der Waals surface area (Å²) >= 11 is 0. The van der Waals surface area contributed by atoms with Crippen molar-refractivity contribution >= 4 is 55.2 Å². The molecule has 1 radical (unpaired) electrons. The van der Waals surface area contributed by atoms with E-state index in [2.05, 4.69) is 58.5 Å². The summed E-state index contributed by atoms with van der Waals surface area (Å²) in [5.41, 5.74) is 3.62. The van der Waals surface area contributed by atoms with Crippen molar-refractivity contribution in [2.75, 3.05) is 0 Å². The first-order valence-corrected chi connectivity index (χ1v) is 12.5. The molecule has 1 fully saturated rings. The molecule has 2 aromatic carbocycles. The van der Waals surface area contributed by atoms with Gasteiger partial charge < -0.3 is 20.6 Å². The van der Waals surface area contributed by atoms with Crippen molar-refractivity contribution in [1.82, 2.24) is 19.9 Å². The Kier molecular flexibility index (Phi) is 6.33. The largest absolute Gasteiger partial charge is 2.00 e. The number of hydrogen-bond donors (Lipinski definition) is 0. The summed E-state index contributed by atoms with van der Waals surface area (Å²) < 4.78 is 0. The minimum absolute atomic E-state index is 0. The summed E-state index contributed by atoms with van der Waals surface area (Å²) in [6.07, 6.45) is 7.94. The van der Waals surface area contributed by atoms with Crippen molar-refractivity contribution in [3.8, 4) is 0 Å². The number of hydrogen-bond acceptors (Lipinski definition) is 4. The number of benzene rings is 2. The zero-order chi connectivity index (χ0) is 23.9. The van der Waals surface area contributed by atoms with E-state index in [-0.39, 0.29) is 29.2 Å². The van der Waals surface area contributed by atoms with E-state index in [1.54, 1.807) is 0 Å². The Morgan fingerprint density at radius 2 is 0.919 bits per heavy atom. The summed E-state index contributed by atoms with van der Waals surface area (Å²) in [4.78, 5) is 19.0. The molecule has 0 saturated heterocycles. The van der Waals surface area contributed by atoms with Gasteiger partial charge in [-0.3, -0.25) is 9.97 Å². The van der Waals surface area contributed by atoms with Crippen molar-refractivity contribution in [1.29, 1.82) is 0 Å². The summed E-state index contributed by atoms with van der Waals surface area (Å²) in [6, 6.07) is 24.8. The van der Waals surface area contributed by atoms with Crippen LogP contribution in [0.4, 0.5) is 11.6 Å². The van der Waals surface area contributed by atoms with Gasteiger partial charge >= 0.3 is 17.1 Å². The third-order valence-corrected chi connectivity index (χ3v) is 7.12. The first-order valence-electron chi connectivity index (χ1n) is 12.5. The van der Waals surface area contributed by atoms with E-state index in [4.69, 9.17) is 20.6 Å². The van der Waals surface area contributed by atoms with Crippen LogP contribution >= 0.6 is 0 Å². The Hall–Kier alpha value is -3.80. The van der Waals surface area contributed by atoms with E-state index < -0.39 is 0 Å². The van der Waals surface area contributed by atoms with Gasteiger partial charge in [0.2, 0.25) is 0 Å². The molecule has 0 bridgehead atoms. The van der Waals surface area contributed by atoms with E-state index in [0.717, 1.165) is 80.9 Å². The van der Waals surface area contributed by atoms with Crippen molar-refractivity contribution in [3.05, 3.63) is 95.8 Å². The Morgan fingerprint density at radius 3 is 1.38 bits per heavy atom. The predicted octanol–water partition coefficient (Wildman–Crippen LogP) is 7.90. The van der Waals surface area contributed by atoms with Crippen LogP contribution in [-0.4, -0.2) is 32.0 Å². The van der Waals surface area contributed by atoms with Crippen LogP contribution < -0.4 is 0 Å². The number of pyridine rings is 4. The molecule has 1 aliphatic carbocycles. The first kappa shape index (κ1) is 23.6. The third-order valence-electron chi connectivity index (χ3n) is 7.12. The molecule has 0 N–H and O–H groups in total. The summed E-state index contributed by atoms with van der Waals surface area (Å²) in [5.74, 6) is 1.49. The summed E-state index contributed by atoms with van der Waals surface area (Å²) in [5, 5.41) is 14.5. The van der Waals surface area contributed by atoms with Crippen molar-refractivity contribution in [2.24, 2.45) is 0 Å². The van der Waals surface area contributed by atoms with Crippen molar-refractivity contribution in [2.45, 2.75) is 37.8 Å². The maximum atomic E-state index is 5.09. The molecule has 7 rings (SSSR count). The fourth-order valence-corrected chi connectivity index (χ4v) is 5.30. The van der Waals surface area contributed by atoms with E-state index in [9.17, 15) is 0 Å². The summed E-state index contributed by atoms with van der Waals surface area (Å²) in [6.45, 7) is 0. The monoisotopic (exact) mass is 531 g/mol. The molecular weight excluding hydrogens is 508 g/mol. The second-order valence-corrected chi connectivity index (χ2v) is 9.44. The number of rotatable bonds is 4. The second-order valence-electron chi connectivity index (χ2n) is 9.44. The van der Waals surface area contributed by atoms with Gasteiger partial charge in [0.1, 0.15) is 0 Å². The molecule has 185 valence electrons. The van der Waals surface area contributed by atoms with Crippen LogP contribution in [0.3, 0.4) is 0 Å². The number of aromatic nitrogens is 4. The second kappa shape index (κ2) is 9.92. The van der Waals surface area contributed by atoms with Crippen LogP contribution in [-0.2, 0) is 17.1 Å². The molecule has 0 spiro atoms. The zero-order valence-corrected chi connectivity index (χ0v) is 21.0. The van der Waals surface area contributed by atoms with Gasteiger partial charge in [-0.2, -0.15) is 0 Å². The molecular formula is C30H24CuN6. The molecule has 1 aliphatic rings. The smallest absolute Gasteiger partial charge is 0.462 e. The maximum absolute atomic E-state index is 5.09. The zero-order valence-electron chi connectivity index (χ0n) is 20.1. The normalized spacial score (nSPS) is 17.6. The topological polar surface area (TPSA) is 79.8 Å². The third kappa shape index (κ3) is 4.45. The van der Waals surface area contributed by atoms with Gasteiger partial charge in [0.05, 0.1) is 11.0 Å². The van der Waals surface area contributed by atoms with Crippen LogP contribution in [0.25, 0.3) is 54.2 Å². The molecule has 0 unspecified atom stereocenters. The fraction of sp³-hybridized carbons (Fsp3) is 0.200.